The lowest BCUT2D eigenvalue weighted by Crippen LogP contribution is -2.41. The van der Waals surface area contributed by atoms with Crippen LogP contribution in [0.25, 0.3) is 0 Å². The van der Waals surface area contributed by atoms with Gasteiger partial charge in [-0.3, -0.25) is 25.2 Å². The zero-order valence-electron chi connectivity index (χ0n) is 17.3. The van der Waals surface area contributed by atoms with Crippen LogP contribution in [0.5, 0.6) is 0 Å². The van der Waals surface area contributed by atoms with Gasteiger partial charge < -0.3 is 14.6 Å². The molecule has 0 aliphatic heterocycles. The molecule has 1 aromatic heterocycles. The average Bonchev–Trinajstić information content (AvgIpc) is 3.34. The number of carbonyl (C=O) groups excluding carboxylic acids is 3. The van der Waals surface area contributed by atoms with Crippen LogP contribution < -0.4 is 21.1 Å². The Labute approximate surface area is 180 Å². The number of rotatable bonds is 7. The fourth-order valence-electron chi connectivity index (χ4n) is 3.05. The van der Waals surface area contributed by atoms with E-state index in [1.165, 1.54) is 18.4 Å². The Morgan fingerprint density at radius 1 is 0.806 bits per heavy atom. The van der Waals surface area contributed by atoms with E-state index >= 15 is 0 Å². The van der Waals surface area contributed by atoms with Crippen molar-refractivity contribution >= 4 is 29.1 Å². The molecule has 3 amide bonds. The van der Waals surface area contributed by atoms with Gasteiger partial charge in [0.05, 0.1) is 17.5 Å². The third-order valence-corrected chi connectivity index (χ3v) is 4.71. The molecule has 0 atom stereocenters. The Kier molecular flexibility index (Phi) is 7.05. The summed E-state index contributed by atoms with van der Waals surface area (Å²) in [6.07, 6.45) is 1.39. The van der Waals surface area contributed by atoms with Gasteiger partial charge in [-0.05, 0) is 62.4 Å². The number of nitrogens with one attached hydrogen (secondary N) is 3. The van der Waals surface area contributed by atoms with Crippen LogP contribution in [0, 0.1) is 0 Å². The molecule has 0 unspecified atom stereocenters. The number of amides is 3. The van der Waals surface area contributed by atoms with Crippen molar-refractivity contribution in [3.05, 3.63) is 83.8 Å². The minimum absolute atomic E-state index is 0.122. The van der Waals surface area contributed by atoms with Crippen molar-refractivity contribution in [1.29, 1.82) is 0 Å². The van der Waals surface area contributed by atoms with Crippen molar-refractivity contribution < 1.29 is 18.8 Å². The molecule has 2 aromatic carbocycles. The SMILES string of the molecule is CCN(CC)c1ccc(C(=O)NNC(=O)c2ccccc2NC(=O)c2ccco2)cc1. The summed E-state index contributed by atoms with van der Waals surface area (Å²) in [6, 6.07) is 16.7. The molecule has 3 N–H and O–H groups in total. The molecule has 160 valence electrons. The summed E-state index contributed by atoms with van der Waals surface area (Å²) in [5.74, 6) is -1.38. The van der Waals surface area contributed by atoms with Crippen LogP contribution in [0.3, 0.4) is 0 Å². The van der Waals surface area contributed by atoms with E-state index in [0.717, 1.165) is 18.8 Å². The largest absolute Gasteiger partial charge is 0.459 e. The Morgan fingerprint density at radius 2 is 1.48 bits per heavy atom. The van der Waals surface area contributed by atoms with Crippen molar-refractivity contribution in [2.45, 2.75) is 13.8 Å². The molecule has 0 saturated carbocycles. The van der Waals surface area contributed by atoms with Gasteiger partial charge in [0.2, 0.25) is 0 Å². The maximum Gasteiger partial charge on any atom is 0.291 e. The van der Waals surface area contributed by atoms with Crippen LogP contribution in [-0.4, -0.2) is 30.8 Å². The lowest BCUT2D eigenvalue weighted by Gasteiger charge is -2.21. The van der Waals surface area contributed by atoms with E-state index in [-0.39, 0.29) is 11.3 Å². The van der Waals surface area contributed by atoms with Crippen LogP contribution >= 0.6 is 0 Å². The van der Waals surface area contributed by atoms with E-state index in [2.05, 4.69) is 34.9 Å². The van der Waals surface area contributed by atoms with Crippen LogP contribution in [0.4, 0.5) is 11.4 Å². The number of hydrogen-bond donors (Lipinski definition) is 3. The highest BCUT2D eigenvalue weighted by atomic mass is 16.3. The number of para-hydroxylation sites is 1. The molecule has 3 aromatic rings. The highest BCUT2D eigenvalue weighted by Gasteiger charge is 2.16. The molecular weight excluding hydrogens is 396 g/mol. The monoisotopic (exact) mass is 420 g/mol. The molecule has 0 spiro atoms. The van der Waals surface area contributed by atoms with Crippen LogP contribution in [-0.2, 0) is 0 Å². The van der Waals surface area contributed by atoms with Crippen LogP contribution in [0.1, 0.15) is 45.1 Å². The first-order valence-corrected chi connectivity index (χ1v) is 9.93. The van der Waals surface area contributed by atoms with Crippen molar-refractivity contribution in [3.63, 3.8) is 0 Å². The zero-order valence-corrected chi connectivity index (χ0v) is 17.3. The van der Waals surface area contributed by atoms with Gasteiger partial charge in [0.1, 0.15) is 0 Å². The number of benzene rings is 2. The fourth-order valence-corrected chi connectivity index (χ4v) is 3.05. The third kappa shape index (κ3) is 5.30. The van der Waals surface area contributed by atoms with E-state index in [9.17, 15) is 14.4 Å². The average molecular weight is 420 g/mol. The molecule has 0 saturated heterocycles. The minimum atomic E-state index is -0.566. The highest BCUT2D eigenvalue weighted by molar-refractivity contribution is 6.08. The molecule has 31 heavy (non-hydrogen) atoms. The maximum absolute atomic E-state index is 12.6. The van der Waals surface area contributed by atoms with Crippen molar-refractivity contribution in [2.75, 3.05) is 23.3 Å². The van der Waals surface area contributed by atoms with Gasteiger partial charge in [0.15, 0.2) is 5.76 Å². The second-order valence-electron chi connectivity index (χ2n) is 6.60. The van der Waals surface area contributed by atoms with Gasteiger partial charge in [-0.2, -0.15) is 0 Å². The highest BCUT2D eigenvalue weighted by Crippen LogP contribution is 2.17. The second kappa shape index (κ2) is 10.1. The van der Waals surface area contributed by atoms with E-state index in [1.54, 1.807) is 36.4 Å². The van der Waals surface area contributed by atoms with Gasteiger partial charge >= 0.3 is 0 Å². The molecule has 0 radical (unpaired) electrons. The normalized spacial score (nSPS) is 10.3. The smallest absolute Gasteiger partial charge is 0.291 e. The number of carbonyl (C=O) groups is 3. The van der Waals surface area contributed by atoms with Crippen molar-refractivity contribution in [3.8, 4) is 0 Å². The summed E-state index contributed by atoms with van der Waals surface area (Å²) in [7, 11) is 0. The molecule has 0 bridgehead atoms. The minimum Gasteiger partial charge on any atom is -0.459 e. The summed E-state index contributed by atoms with van der Waals surface area (Å²) >= 11 is 0. The lowest BCUT2D eigenvalue weighted by atomic mass is 10.1. The van der Waals surface area contributed by atoms with Gasteiger partial charge in [0.25, 0.3) is 17.7 Å². The van der Waals surface area contributed by atoms with Gasteiger partial charge in [-0.25, -0.2) is 0 Å². The molecule has 8 nitrogen and oxygen atoms in total. The van der Waals surface area contributed by atoms with Gasteiger partial charge in [-0.1, -0.05) is 12.1 Å². The predicted octanol–water partition coefficient (Wildman–Crippen LogP) is 3.45. The van der Waals surface area contributed by atoms with Gasteiger partial charge in [0, 0.05) is 24.3 Å². The molecular formula is C23H24N4O4. The summed E-state index contributed by atoms with van der Waals surface area (Å²) in [5, 5.41) is 2.63. The van der Waals surface area contributed by atoms with E-state index in [0.29, 0.717) is 11.3 Å². The third-order valence-electron chi connectivity index (χ3n) is 4.71. The Bertz CT molecular complexity index is 1040. The predicted molar refractivity (Wildman–Crippen MR) is 118 cm³/mol. The first kappa shape index (κ1) is 21.6. The molecule has 0 aliphatic rings. The number of anilines is 2. The molecule has 0 aliphatic carbocycles. The number of hydrazine groups is 1. The van der Waals surface area contributed by atoms with Crippen LogP contribution in [0.2, 0.25) is 0 Å². The summed E-state index contributed by atoms with van der Waals surface area (Å²) < 4.78 is 5.06. The lowest BCUT2D eigenvalue weighted by molar-refractivity contribution is 0.0847. The molecule has 8 heteroatoms. The Balaban J connectivity index is 1.63. The van der Waals surface area contributed by atoms with Crippen LogP contribution in [0.15, 0.2) is 71.3 Å². The topological polar surface area (TPSA) is 104 Å². The van der Waals surface area contributed by atoms with E-state index in [1.807, 2.05) is 12.1 Å². The molecule has 0 fully saturated rings. The first-order chi connectivity index (χ1) is 15.0. The van der Waals surface area contributed by atoms with Crippen molar-refractivity contribution in [2.24, 2.45) is 0 Å². The molecule has 1 heterocycles. The number of furan rings is 1. The number of nitrogens with zero attached hydrogens (tertiary/aromatic N) is 1. The standard InChI is InChI=1S/C23H24N4O4/c1-3-27(4-2)17-13-11-16(12-14-17)21(28)25-26-22(29)18-8-5-6-9-19(18)24-23(30)20-10-7-15-31-20/h5-15H,3-4H2,1-2H3,(H,24,30)(H,25,28)(H,26,29). The van der Waals surface area contributed by atoms with E-state index < -0.39 is 17.7 Å². The summed E-state index contributed by atoms with van der Waals surface area (Å²) in [6.45, 7) is 5.87. The maximum atomic E-state index is 12.6. The summed E-state index contributed by atoms with van der Waals surface area (Å²) in [5.41, 5.74) is 6.70. The van der Waals surface area contributed by atoms with E-state index in [4.69, 9.17) is 4.42 Å². The fraction of sp³-hybridized carbons (Fsp3) is 0.174. The van der Waals surface area contributed by atoms with Gasteiger partial charge in [-0.15, -0.1) is 0 Å². The second-order valence-corrected chi connectivity index (χ2v) is 6.60. The first-order valence-electron chi connectivity index (χ1n) is 9.93. The van der Waals surface area contributed by atoms with Crippen molar-refractivity contribution in [1.82, 2.24) is 10.9 Å². The molecule has 3 rings (SSSR count). The Hall–Kier alpha value is -4.07. The quantitative estimate of drug-likeness (QED) is 0.508. The summed E-state index contributed by atoms with van der Waals surface area (Å²) in [4.78, 5) is 39.4. The zero-order chi connectivity index (χ0) is 22.2. The Morgan fingerprint density at radius 3 is 2.13 bits per heavy atom. The number of hydrogen-bond acceptors (Lipinski definition) is 5.